The number of hydrogen-bond acceptors (Lipinski definition) is 5. The van der Waals surface area contributed by atoms with Crippen molar-refractivity contribution in [3.8, 4) is 0 Å². The minimum absolute atomic E-state index is 0.598. The van der Waals surface area contributed by atoms with Crippen molar-refractivity contribution in [2.24, 2.45) is 0 Å². The van der Waals surface area contributed by atoms with Gasteiger partial charge in [-0.25, -0.2) is 4.98 Å². The van der Waals surface area contributed by atoms with Gasteiger partial charge in [-0.3, -0.25) is 0 Å². The Labute approximate surface area is 125 Å². The number of nitrogens with zero attached hydrogens (tertiary/aromatic N) is 2. The normalized spacial score (nSPS) is 10.8. The Morgan fingerprint density at radius 1 is 1.20 bits per heavy atom. The third-order valence-corrected chi connectivity index (χ3v) is 4.20. The fourth-order valence-corrected chi connectivity index (χ4v) is 2.81. The molecule has 20 heavy (non-hydrogen) atoms. The highest BCUT2D eigenvalue weighted by Gasteiger charge is 2.09. The van der Waals surface area contributed by atoms with Crippen LogP contribution < -0.4 is 10.6 Å². The van der Waals surface area contributed by atoms with Crippen LogP contribution in [-0.2, 0) is 0 Å². The lowest BCUT2D eigenvalue weighted by atomic mass is 10.2. The molecule has 0 saturated carbocycles. The third-order valence-electron chi connectivity index (χ3n) is 2.98. The summed E-state index contributed by atoms with van der Waals surface area (Å²) in [5, 5.41) is 10.0. The van der Waals surface area contributed by atoms with Crippen molar-refractivity contribution >= 4 is 50.6 Å². The van der Waals surface area contributed by atoms with Gasteiger partial charge in [-0.05, 0) is 36.1 Å². The van der Waals surface area contributed by atoms with E-state index in [1.165, 1.54) is 0 Å². The molecule has 0 radical (unpaired) electrons. The third kappa shape index (κ3) is 2.42. The number of hydrogen-bond donors (Lipinski definition) is 2. The predicted octanol–water partition coefficient (Wildman–Crippen LogP) is 4.44. The van der Waals surface area contributed by atoms with Crippen LogP contribution in [0.1, 0.15) is 5.56 Å². The maximum atomic E-state index is 6.15. The summed E-state index contributed by atoms with van der Waals surface area (Å²) in [6.07, 6.45) is 0. The number of halogens is 1. The zero-order valence-electron chi connectivity index (χ0n) is 11.1. The van der Waals surface area contributed by atoms with Crippen molar-refractivity contribution in [3.05, 3.63) is 40.2 Å². The molecule has 0 spiro atoms. The maximum absolute atomic E-state index is 6.15. The molecule has 2 heterocycles. The number of benzene rings is 1. The molecule has 6 heteroatoms. The summed E-state index contributed by atoms with van der Waals surface area (Å²) in [7, 11) is 1.81. The Bertz CT molecular complexity index is 769. The average Bonchev–Trinajstić information content (AvgIpc) is 2.91. The number of anilines is 3. The maximum Gasteiger partial charge on any atom is 0.225 e. The van der Waals surface area contributed by atoms with Crippen LogP contribution in [0.5, 0.6) is 0 Å². The molecule has 0 atom stereocenters. The highest BCUT2D eigenvalue weighted by Crippen LogP contribution is 2.29. The van der Waals surface area contributed by atoms with Crippen LogP contribution in [0.2, 0.25) is 5.02 Å². The molecule has 3 rings (SSSR count). The summed E-state index contributed by atoms with van der Waals surface area (Å²) in [4.78, 5) is 9.84. The first-order valence-electron chi connectivity index (χ1n) is 6.13. The first kappa shape index (κ1) is 13.1. The van der Waals surface area contributed by atoms with Crippen LogP contribution >= 0.6 is 22.9 Å². The number of rotatable bonds is 3. The van der Waals surface area contributed by atoms with Gasteiger partial charge in [0.05, 0.1) is 5.39 Å². The second-order valence-corrected chi connectivity index (χ2v) is 5.68. The van der Waals surface area contributed by atoms with E-state index in [1.54, 1.807) is 18.4 Å². The molecule has 0 saturated heterocycles. The molecule has 1 aromatic carbocycles. The fraction of sp³-hybridized carbons (Fsp3) is 0.143. The Balaban J connectivity index is 2.04. The van der Waals surface area contributed by atoms with Gasteiger partial charge in [0.25, 0.3) is 0 Å². The summed E-state index contributed by atoms with van der Waals surface area (Å²) in [6.45, 7) is 1.98. The van der Waals surface area contributed by atoms with Gasteiger partial charge in [-0.1, -0.05) is 17.7 Å². The quantitative estimate of drug-likeness (QED) is 0.751. The smallest absolute Gasteiger partial charge is 0.225 e. The van der Waals surface area contributed by atoms with Crippen molar-refractivity contribution in [1.29, 1.82) is 0 Å². The lowest BCUT2D eigenvalue weighted by Gasteiger charge is -2.09. The van der Waals surface area contributed by atoms with E-state index >= 15 is 0 Å². The number of nitrogens with one attached hydrogen (secondary N) is 2. The largest absolute Gasteiger partial charge is 0.357 e. The summed E-state index contributed by atoms with van der Waals surface area (Å²) >= 11 is 7.74. The zero-order chi connectivity index (χ0) is 14.1. The predicted molar refractivity (Wildman–Crippen MR) is 86.4 cm³/mol. The molecule has 102 valence electrons. The molecule has 3 aromatic rings. The van der Waals surface area contributed by atoms with Crippen LogP contribution in [-0.4, -0.2) is 17.0 Å². The minimum Gasteiger partial charge on any atom is -0.357 e. The Hall–Kier alpha value is -1.85. The van der Waals surface area contributed by atoms with Crippen LogP contribution in [0.15, 0.2) is 29.6 Å². The molecular formula is C14H13ClN4S. The van der Waals surface area contributed by atoms with Gasteiger partial charge < -0.3 is 10.6 Å². The summed E-state index contributed by atoms with van der Waals surface area (Å²) in [5.74, 6) is 1.38. The molecule has 0 fully saturated rings. The average molecular weight is 305 g/mol. The number of aromatic nitrogens is 2. The van der Waals surface area contributed by atoms with Crippen LogP contribution in [0.3, 0.4) is 0 Å². The van der Waals surface area contributed by atoms with E-state index in [0.717, 1.165) is 32.3 Å². The topological polar surface area (TPSA) is 49.8 Å². The number of fused-ring (bicyclic) bond motifs is 1. The Morgan fingerprint density at radius 2 is 2.05 bits per heavy atom. The highest BCUT2D eigenvalue weighted by molar-refractivity contribution is 7.16. The summed E-state index contributed by atoms with van der Waals surface area (Å²) in [5.41, 5.74) is 1.96. The first-order chi connectivity index (χ1) is 9.67. The summed E-state index contributed by atoms with van der Waals surface area (Å²) in [6, 6.07) is 7.88. The van der Waals surface area contributed by atoms with E-state index < -0.39 is 0 Å². The lowest BCUT2D eigenvalue weighted by molar-refractivity contribution is 1.20. The second kappa shape index (κ2) is 5.26. The molecule has 0 bridgehead atoms. The SMILES string of the molecule is CNc1nc(Nc2ccc(C)c(Cl)c2)c2ccsc2n1. The molecule has 4 nitrogen and oxygen atoms in total. The molecule has 0 aliphatic heterocycles. The van der Waals surface area contributed by atoms with Crippen molar-refractivity contribution in [1.82, 2.24) is 9.97 Å². The van der Waals surface area contributed by atoms with Gasteiger partial charge in [0, 0.05) is 17.8 Å². The van der Waals surface area contributed by atoms with Gasteiger partial charge >= 0.3 is 0 Å². The van der Waals surface area contributed by atoms with Gasteiger partial charge in [-0.15, -0.1) is 11.3 Å². The summed E-state index contributed by atoms with van der Waals surface area (Å²) < 4.78 is 0. The molecule has 0 aliphatic carbocycles. The van der Waals surface area contributed by atoms with E-state index in [4.69, 9.17) is 11.6 Å². The number of aryl methyl sites for hydroxylation is 1. The van der Waals surface area contributed by atoms with Crippen molar-refractivity contribution in [2.75, 3.05) is 17.7 Å². The zero-order valence-corrected chi connectivity index (χ0v) is 12.6. The standard InChI is InChI=1S/C14H13ClN4S/c1-8-3-4-9(7-11(8)15)17-12-10-5-6-20-13(10)19-14(16-2)18-12/h3-7H,1-2H3,(H2,16,17,18,19). The van der Waals surface area contributed by atoms with Crippen LogP contribution in [0.25, 0.3) is 10.2 Å². The highest BCUT2D eigenvalue weighted by atomic mass is 35.5. The van der Waals surface area contributed by atoms with Crippen LogP contribution in [0, 0.1) is 6.92 Å². The second-order valence-electron chi connectivity index (χ2n) is 4.37. The van der Waals surface area contributed by atoms with E-state index in [0.29, 0.717) is 5.95 Å². The molecule has 2 N–H and O–H groups in total. The lowest BCUT2D eigenvalue weighted by Crippen LogP contribution is -2.00. The molecule has 0 unspecified atom stereocenters. The Kier molecular flexibility index (Phi) is 3.46. The number of thiophene rings is 1. The Morgan fingerprint density at radius 3 is 2.80 bits per heavy atom. The van der Waals surface area contributed by atoms with Crippen molar-refractivity contribution < 1.29 is 0 Å². The molecule has 0 amide bonds. The van der Waals surface area contributed by atoms with Crippen molar-refractivity contribution in [2.45, 2.75) is 6.92 Å². The fourth-order valence-electron chi connectivity index (χ4n) is 1.87. The molecular weight excluding hydrogens is 292 g/mol. The molecule has 2 aromatic heterocycles. The van der Waals surface area contributed by atoms with E-state index in [9.17, 15) is 0 Å². The first-order valence-corrected chi connectivity index (χ1v) is 7.39. The van der Waals surface area contributed by atoms with E-state index in [2.05, 4.69) is 20.6 Å². The van der Waals surface area contributed by atoms with Gasteiger partial charge in [0.15, 0.2) is 0 Å². The van der Waals surface area contributed by atoms with Crippen LogP contribution in [0.4, 0.5) is 17.5 Å². The van der Waals surface area contributed by atoms with Gasteiger partial charge in [0.2, 0.25) is 5.95 Å². The van der Waals surface area contributed by atoms with E-state index in [1.807, 2.05) is 36.6 Å². The van der Waals surface area contributed by atoms with Gasteiger partial charge in [-0.2, -0.15) is 4.98 Å². The minimum atomic E-state index is 0.598. The van der Waals surface area contributed by atoms with Gasteiger partial charge in [0.1, 0.15) is 10.6 Å². The molecule has 0 aliphatic rings. The van der Waals surface area contributed by atoms with E-state index in [-0.39, 0.29) is 0 Å². The monoisotopic (exact) mass is 304 g/mol. The van der Waals surface area contributed by atoms with Crippen molar-refractivity contribution in [3.63, 3.8) is 0 Å².